The summed E-state index contributed by atoms with van der Waals surface area (Å²) in [6.07, 6.45) is 3.82. The van der Waals surface area contributed by atoms with Gasteiger partial charge in [-0.3, -0.25) is 4.79 Å². The van der Waals surface area contributed by atoms with Gasteiger partial charge in [-0.05, 0) is 73.9 Å². The minimum absolute atomic E-state index is 0.190. The summed E-state index contributed by atoms with van der Waals surface area (Å²) in [5.41, 5.74) is 5.94. The van der Waals surface area contributed by atoms with E-state index in [0.29, 0.717) is 22.6 Å². The van der Waals surface area contributed by atoms with E-state index < -0.39 is 5.97 Å². The van der Waals surface area contributed by atoms with Gasteiger partial charge in [-0.2, -0.15) is 5.10 Å². The minimum Gasteiger partial charge on any atom is -0.478 e. The highest BCUT2D eigenvalue weighted by atomic mass is 16.4. The zero-order valence-electron chi connectivity index (χ0n) is 17.2. The van der Waals surface area contributed by atoms with Crippen LogP contribution in [0.5, 0.6) is 0 Å². The molecule has 0 saturated carbocycles. The number of nitrogens with one attached hydrogen (secondary N) is 1. The van der Waals surface area contributed by atoms with Crippen molar-refractivity contribution in [3.8, 4) is 11.3 Å². The lowest BCUT2D eigenvalue weighted by Crippen LogP contribution is -2.19. The van der Waals surface area contributed by atoms with Crippen LogP contribution in [0, 0.1) is 6.92 Å². The van der Waals surface area contributed by atoms with Crippen LogP contribution in [0.15, 0.2) is 64.1 Å². The molecule has 158 valence electrons. The number of amides is 1. The Balaban J connectivity index is 1.40. The average Bonchev–Trinajstić information content (AvgIpc) is 3.46. The lowest BCUT2D eigenvalue weighted by atomic mass is 10.0. The first-order valence-electron chi connectivity index (χ1n) is 10.1. The number of aryl methyl sites for hydroxylation is 1. The number of rotatable bonds is 6. The van der Waals surface area contributed by atoms with Crippen LogP contribution in [0.25, 0.3) is 11.3 Å². The second-order valence-corrected chi connectivity index (χ2v) is 7.48. The normalized spacial score (nSPS) is 13.6. The molecule has 1 aliphatic rings. The Labute approximate surface area is 180 Å². The second-order valence-electron chi connectivity index (χ2n) is 7.48. The first-order valence-corrected chi connectivity index (χ1v) is 10.1. The van der Waals surface area contributed by atoms with E-state index in [9.17, 15) is 14.7 Å². The molecular weight excluding hydrogens is 394 g/mol. The fourth-order valence-corrected chi connectivity index (χ4v) is 3.61. The maximum absolute atomic E-state index is 12.3. The van der Waals surface area contributed by atoms with Gasteiger partial charge in [-0.25, -0.2) is 10.2 Å². The molecule has 2 aromatic carbocycles. The van der Waals surface area contributed by atoms with Gasteiger partial charge in [0.25, 0.3) is 5.91 Å². The molecule has 1 amide bonds. The van der Waals surface area contributed by atoms with Crippen molar-refractivity contribution in [3.63, 3.8) is 0 Å². The number of hydrogen-bond acceptors (Lipinski definition) is 5. The van der Waals surface area contributed by atoms with E-state index in [-0.39, 0.29) is 11.5 Å². The first kappa shape index (κ1) is 20.4. The van der Waals surface area contributed by atoms with Crippen molar-refractivity contribution in [1.29, 1.82) is 0 Å². The van der Waals surface area contributed by atoms with Crippen molar-refractivity contribution < 1.29 is 19.1 Å². The molecular formula is C24H23N3O4. The average molecular weight is 417 g/mol. The molecule has 4 rings (SSSR count). The smallest absolute Gasteiger partial charge is 0.335 e. The number of benzene rings is 2. The monoisotopic (exact) mass is 417 g/mol. The predicted molar refractivity (Wildman–Crippen MR) is 119 cm³/mol. The van der Waals surface area contributed by atoms with E-state index in [1.54, 1.807) is 42.5 Å². The third-order valence-corrected chi connectivity index (χ3v) is 5.34. The van der Waals surface area contributed by atoms with Crippen LogP contribution in [-0.2, 0) is 0 Å². The number of anilines is 1. The largest absolute Gasteiger partial charge is 0.478 e. The Kier molecular flexibility index (Phi) is 5.84. The van der Waals surface area contributed by atoms with Crippen LogP contribution >= 0.6 is 0 Å². The summed E-state index contributed by atoms with van der Waals surface area (Å²) in [5.74, 6) is -0.322. The number of carboxylic acid groups (broad SMARTS) is 1. The van der Waals surface area contributed by atoms with E-state index in [1.807, 2.05) is 19.1 Å². The molecule has 1 aliphatic heterocycles. The Morgan fingerprint density at radius 2 is 1.74 bits per heavy atom. The van der Waals surface area contributed by atoms with Crippen LogP contribution < -0.4 is 10.3 Å². The summed E-state index contributed by atoms with van der Waals surface area (Å²) in [4.78, 5) is 25.8. The van der Waals surface area contributed by atoms with Crippen molar-refractivity contribution in [2.24, 2.45) is 5.10 Å². The van der Waals surface area contributed by atoms with Crippen LogP contribution in [0.2, 0.25) is 0 Å². The topological polar surface area (TPSA) is 95.1 Å². The number of carbonyl (C=O) groups is 2. The molecule has 0 bridgehead atoms. The lowest BCUT2D eigenvalue weighted by Gasteiger charge is -2.17. The summed E-state index contributed by atoms with van der Waals surface area (Å²) >= 11 is 0. The van der Waals surface area contributed by atoms with Gasteiger partial charge in [-0.15, -0.1) is 0 Å². The van der Waals surface area contributed by atoms with E-state index in [4.69, 9.17) is 4.42 Å². The molecule has 3 aromatic rings. The fraction of sp³-hybridized carbons (Fsp3) is 0.208. The Morgan fingerprint density at radius 1 is 1.03 bits per heavy atom. The highest BCUT2D eigenvalue weighted by Gasteiger charge is 2.13. The Bertz CT molecular complexity index is 1130. The fourth-order valence-electron chi connectivity index (χ4n) is 3.61. The number of furan rings is 1. The molecule has 1 fully saturated rings. The lowest BCUT2D eigenvalue weighted by molar-refractivity contribution is 0.0696. The van der Waals surface area contributed by atoms with Crippen LogP contribution in [0.4, 0.5) is 5.69 Å². The molecule has 1 aromatic heterocycles. The molecule has 7 nitrogen and oxygen atoms in total. The van der Waals surface area contributed by atoms with Gasteiger partial charge < -0.3 is 14.4 Å². The van der Waals surface area contributed by atoms with Crippen LogP contribution in [0.1, 0.15) is 44.9 Å². The van der Waals surface area contributed by atoms with Crippen molar-refractivity contribution in [2.45, 2.75) is 19.8 Å². The molecule has 0 unspecified atom stereocenters. The SMILES string of the molecule is Cc1ccc(C(=O)O)cc1-c1ccc(/C=N\NC(=O)c2ccc(N3CCCC3)cc2)o1. The minimum atomic E-state index is -0.995. The zero-order chi connectivity index (χ0) is 21.8. The molecule has 1 saturated heterocycles. The number of hydrogen-bond donors (Lipinski definition) is 2. The number of carboxylic acids is 1. The molecule has 0 atom stereocenters. The predicted octanol–water partition coefficient (Wildman–Crippen LogP) is 4.32. The van der Waals surface area contributed by atoms with E-state index in [0.717, 1.165) is 24.3 Å². The van der Waals surface area contributed by atoms with Crippen molar-refractivity contribution in [3.05, 3.63) is 77.0 Å². The van der Waals surface area contributed by atoms with Gasteiger partial charge in [0.2, 0.25) is 0 Å². The van der Waals surface area contributed by atoms with Crippen molar-refractivity contribution in [2.75, 3.05) is 18.0 Å². The van der Waals surface area contributed by atoms with E-state index >= 15 is 0 Å². The van der Waals surface area contributed by atoms with Gasteiger partial charge in [0.1, 0.15) is 11.5 Å². The summed E-state index contributed by atoms with van der Waals surface area (Å²) < 4.78 is 5.75. The van der Waals surface area contributed by atoms with Crippen molar-refractivity contribution in [1.82, 2.24) is 5.43 Å². The number of hydrazone groups is 1. The van der Waals surface area contributed by atoms with Crippen LogP contribution in [0.3, 0.4) is 0 Å². The maximum atomic E-state index is 12.3. The van der Waals surface area contributed by atoms with Gasteiger partial charge in [0, 0.05) is 29.9 Å². The summed E-state index contributed by atoms with van der Waals surface area (Å²) in [6.45, 7) is 3.99. The second kappa shape index (κ2) is 8.87. The highest BCUT2D eigenvalue weighted by molar-refractivity contribution is 5.95. The van der Waals surface area contributed by atoms with Gasteiger partial charge in [0.15, 0.2) is 0 Å². The molecule has 31 heavy (non-hydrogen) atoms. The van der Waals surface area contributed by atoms with Crippen LogP contribution in [-0.4, -0.2) is 36.3 Å². The van der Waals surface area contributed by atoms with E-state index in [2.05, 4.69) is 15.4 Å². The summed E-state index contributed by atoms with van der Waals surface area (Å²) in [5, 5.41) is 13.2. The third-order valence-electron chi connectivity index (χ3n) is 5.34. The number of aromatic carboxylic acids is 1. The Hall–Kier alpha value is -3.87. The zero-order valence-corrected chi connectivity index (χ0v) is 17.2. The standard InChI is InChI=1S/C24H23N3O4/c1-16-4-5-18(24(29)30)14-21(16)22-11-10-20(31-22)15-25-26-23(28)17-6-8-19(9-7-17)27-12-2-3-13-27/h4-11,14-15H,2-3,12-13H2,1H3,(H,26,28)(H,29,30)/b25-15-. The first-order chi connectivity index (χ1) is 15.0. The van der Waals surface area contributed by atoms with Crippen molar-refractivity contribution >= 4 is 23.8 Å². The Morgan fingerprint density at radius 3 is 2.45 bits per heavy atom. The summed E-state index contributed by atoms with van der Waals surface area (Å²) in [6, 6.07) is 15.8. The van der Waals surface area contributed by atoms with Gasteiger partial charge in [-0.1, -0.05) is 6.07 Å². The number of carbonyl (C=O) groups excluding carboxylic acids is 1. The molecule has 0 spiro atoms. The third kappa shape index (κ3) is 4.66. The molecule has 2 N–H and O–H groups in total. The molecule has 0 radical (unpaired) electrons. The molecule has 7 heteroatoms. The molecule has 0 aliphatic carbocycles. The van der Waals surface area contributed by atoms with E-state index in [1.165, 1.54) is 19.1 Å². The van der Waals surface area contributed by atoms with Gasteiger partial charge in [0.05, 0.1) is 11.8 Å². The molecule has 2 heterocycles. The van der Waals surface area contributed by atoms with Gasteiger partial charge >= 0.3 is 5.97 Å². The quantitative estimate of drug-likeness (QED) is 0.460. The number of nitrogens with zero attached hydrogens (tertiary/aromatic N) is 2. The summed E-state index contributed by atoms with van der Waals surface area (Å²) in [7, 11) is 0. The maximum Gasteiger partial charge on any atom is 0.335 e. The highest BCUT2D eigenvalue weighted by Crippen LogP contribution is 2.26.